The van der Waals surface area contributed by atoms with Crippen molar-refractivity contribution in [3.05, 3.63) is 88.2 Å². The van der Waals surface area contributed by atoms with E-state index in [2.05, 4.69) is 5.32 Å². The molecule has 0 spiro atoms. The van der Waals surface area contributed by atoms with E-state index in [0.717, 1.165) is 24.6 Å². The lowest BCUT2D eigenvalue weighted by Gasteiger charge is -2.15. The summed E-state index contributed by atoms with van der Waals surface area (Å²) >= 11 is 0. The van der Waals surface area contributed by atoms with E-state index in [0.29, 0.717) is 23.3 Å². The quantitative estimate of drug-likeness (QED) is 0.374. The number of aromatic hydroxyl groups is 1. The van der Waals surface area contributed by atoms with Gasteiger partial charge in [0.15, 0.2) is 5.78 Å². The lowest BCUT2D eigenvalue weighted by molar-refractivity contribution is 0.0696. The highest BCUT2D eigenvalue weighted by Crippen LogP contribution is 2.33. The summed E-state index contributed by atoms with van der Waals surface area (Å²) in [6.45, 7) is 3.41. The minimum atomic E-state index is -1.24. The molecular formula is C26H24FNO6. The molecule has 1 amide bonds. The molecule has 34 heavy (non-hydrogen) atoms. The molecule has 0 fully saturated rings. The zero-order valence-electron chi connectivity index (χ0n) is 18.7. The van der Waals surface area contributed by atoms with Crippen molar-refractivity contribution in [2.45, 2.75) is 33.3 Å². The Kier molecular flexibility index (Phi) is 7.63. The highest BCUT2D eigenvalue weighted by atomic mass is 19.1. The third-order valence-corrected chi connectivity index (χ3v) is 5.16. The van der Waals surface area contributed by atoms with Crippen LogP contribution in [0.25, 0.3) is 0 Å². The molecule has 3 aromatic carbocycles. The predicted molar refractivity (Wildman–Crippen MR) is 124 cm³/mol. The van der Waals surface area contributed by atoms with Crippen molar-refractivity contribution in [1.29, 1.82) is 0 Å². The first-order valence-electron chi connectivity index (χ1n) is 10.6. The van der Waals surface area contributed by atoms with Crippen LogP contribution in [0.15, 0.2) is 54.6 Å². The van der Waals surface area contributed by atoms with Gasteiger partial charge in [-0.1, -0.05) is 25.5 Å². The SMILES string of the molecule is CCCc1c(OCc2cccc(C(=O)Nc3cc(C(=O)O)ccc3F)c2)ccc(C(C)=O)c1O. The molecule has 0 aliphatic rings. The number of ketones is 1. The monoisotopic (exact) mass is 465 g/mol. The van der Waals surface area contributed by atoms with Gasteiger partial charge < -0.3 is 20.3 Å². The summed E-state index contributed by atoms with van der Waals surface area (Å²) in [6, 6.07) is 12.8. The molecule has 0 aliphatic carbocycles. The number of anilines is 1. The van der Waals surface area contributed by atoms with E-state index in [-0.39, 0.29) is 40.5 Å². The van der Waals surface area contributed by atoms with Crippen molar-refractivity contribution in [2.75, 3.05) is 5.32 Å². The summed E-state index contributed by atoms with van der Waals surface area (Å²) in [7, 11) is 0. The molecule has 0 bridgehead atoms. The summed E-state index contributed by atoms with van der Waals surface area (Å²) in [4.78, 5) is 35.5. The largest absolute Gasteiger partial charge is 0.507 e. The van der Waals surface area contributed by atoms with Crippen LogP contribution in [0.3, 0.4) is 0 Å². The van der Waals surface area contributed by atoms with Crippen LogP contribution in [-0.4, -0.2) is 27.9 Å². The summed E-state index contributed by atoms with van der Waals surface area (Å²) in [5.74, 6) is -2.50. The number of carboxylic acid groups (broad SMARTS) is 1. The van der Waals surface area contributed by atoms with Gasteiger partial charge in [-0.25, -0.2) is 9.18 Å². The molecule has 0 saturated carbocycles. The molecule has 0 aliphatic heterocycles. The van der Waals surface area contributed by atoms with Gasteiger partial charge in [0.2, 0.25) is 0 Å². The number of amides is 1. The van der Waals surface area contributed by atoms with Gasteiger partial charge in [0.25, 0.3) is 5.91 Å². The standard InChI is InChI=1S/C26H24FNO6/c1-3-5-20-23(11-9-19(15(2)29)24(20)30)34-14-16-6-4-7-17(12-16)25(31)28-22-13-18(26(32)33)8-10-21(22)27/h4,6-13,30H,3,5,14H2,1-2H3,(H,28,31)(H,32,33). The third-order valence-electron chi connectivity index (χ3n) is 5.16. The Hall–Kier alpha value is -4.20. The lowest BCUT2D eigenvalue weighted by atomic mass is 10.0. The number of rotatable bonds is 9. The van der Waals surface area contributed by atoms with Crippen molar-refractivity contribution < 1.29 is 33.7 Å². The van der Waals surface area contributed by atoms with Gasteiger partial charge in [-0.2, -0.15) is 0 Å². The van der Waals surface area contributed by atoms with Gasteiger partial charge in [0.05, 0.1) is 16.8 Å². The number of phenolic OH excluding ortho intramolecular Hbond substituents is 1. The first-order valence-corrected chi connectivity index (χ1v) is 10.6. The molecule has 0 heterocycles. The number of carboxylic acids is 1. The van der Waals surface area contributed by atoms with Crippen molar-refractivity contribution in [3.8, 4) is 11.5 Å². The van der Waals surface area contributed by atoms with Gasteiger partial charge in [0.1, 0.15) is 23.9 Å². The number of Topliss-reactive ketones (excluding diaryl/α,β-unsaturated/α-hetero) is 1. The number of carbonyl (C=O) groups is 3. The first-order chi connectivity index (χ1) is 16.2. The number of aromatic carboxylic acids is 1. The Labute approximate surface area is 195 Å². The van der Waals surface area contributed by atoms with Crippen molar-refractivity contribution in [3.63, 3.8) is 0 Å². The number of hydrogen-bond donors (Lipinski definition) is 3. The fourth-order valence-electron chi connectivity index (χ4n) is 3.44. The second kappa shape index (κ2) is 10.6. The summed E-state index contributed by atoms with van der Waals surface area (Å²) in [6.07, 6.45) is 1.26. The topological polar surface area (TPSA) is 113 Å². The van der Waals surface area contributed by atoms with E-state index in [9.17, 15) is 23.9 Å². The summed E-state index contributed by atoms with van der Waals surface area (Å²) < 4.78 is 19.9. The number of ether oxygens (including phenoxy) is 1. The van der Waals surface area contributed by atoms with Crippen LogP contribution < -0.4 is 10.1 Å². The van der Waals surface area contributed by atoms with Crippen LogP contribution in [0.2, 0.25) is 0 Å². The summed E-state index contributed by atoms with van der Waals surface area (Å²) in [5, 5.41) is 21.9. The fourth-order valence-corrected chi connectivity index (χ4v) is 3.44. The van der Waals surface area contributed by atoms with E-state index in [1.54, 1.807) is 24.3 Å². The maximum absolute atomic E-state index is 14.0. The average molecular weight is 465 g/mol. The number of hydrogen-bond acceptors (Lipinski definition) is 5. The maximum Gasteiger partial charge on any atom is 0.335 e. The first kappa shape index (κ1) is 24.4. The Bertz CT molecular complexity index is 1250. The van der Waals surface area contributed by atoms with Crippen LogP contribution in [0, 0.1) is 5.82 Å². The molecule has 0 unspecified atom stereocenters. The highest BCUT2D eigenvalue weighted by Gasteiger charge is 2.17. The number of phenols is 1. The van der Waals surface area contributed by atoms with Crippen molar-refractivity contribution in [2.24, 2.45) is 0 Å². The average Bonchev–Trinajstić information content (AvgIpc) is 2.80. The second-order valence-corrected chi connectivity index (χ2v) is 7.69. The van der Waals surface area contributed by atoms with E-state index in [1.165, 1.54) is 19.1 Å². The molecule has 0 saturated heterocycles. The van der Waals surface area contributed by atoms with E-state index in [4.69, 9.17) is 9.84 Å². The number of halogens is 1. The zero-order chi connectivity index (χ0) is 24.8. The van der Waals surface area contributed by atoms with Crippen molar-refractivity contribution >= 4 is 23.3 Å². The molecule has 0 radical (unpaired) electrons. The molecular weight excluding hydrogens is 441 g/mol. The minimum Gasteiger partial charge on any atom is -0.507 e. The molecule has 8 heteroatoms. The Balaban J connectivity index is 1.77. The van der Waals surface area contributed by atoms with Gasteiger partial charge in [-0.05, 0) is 61.4 Å². The van der Waals surface area contributed by atoms with Crippen molar-refractivity contribution in [1.82, 2.24) is 0 Å². The molecule has 3 N–H and O–H groups in total. The smallest absolute Gasteiger partial charge is 0.335 e. The Morgan fingerprint density at radius 1 is 1.03 bits per heavy atom. The van der Waals surface area contributed by atoms with Crippen LogP contribution in [0.5, 0.6) is 11.5 Å². The van der Waals surface area contributed by atoms with Crippen LogP contribution in [0.4, 0.5) is 10.1 Å². The second-order valence-electron chi connectivity index (χ2n) is 7.69. The molecule has 0 atom stereocenters. The number of carbonyl (C=O) groups excluding carboxylic acids is 2. The van der Waals surface area contributed by atoms with Gasteiger partial charge >= 0.3 is 5.97 Å². The number of benzene rings is 3. The predicted octanol–water partition coefficient (Wildman–Crippen LogP) is 5.22. The molecule has 3 aromatic rings. The van der Waals surface area contributed by atoms with Crippen LogP contribution in [-0.2, 0) is 13.0 Å². The molecule has 3 rings (SSSR count). The Morgan fingerprint density at radius 3 is 2.47 bits per heavy atom. The van der Waals surface area contributed by atoms with Gasteiger partial charge in [-0.3, -0.25) is 9.59 Å². The lowest BCUT2D eigenvalue weighted by Crippen LogP contribution is -2.14. The fraction of sp³-hybridized carbons (Fsp3) is 0.192. The molecule has 0 aromatic heterocycles. The van der Waals surface area contributed by atoms with E-state index < -0.39 is 17.7 Å². The zero-order valence-corrected chi connectivity index (χ0v) is 18.7. The van der Waals surface area contributed by atoms with E-state index in [1.807, 2.05) is 6.92 Å². The minimum absolute atomic E-state index is 0.0829. The Morgan fingerprint density at radius 2 is 1.79 bits per heavy atom. The van der Waals surface area contributed by atoms with Gasteiger partial charge in [-0.15, -0.1) is 0 Å². The van der Waals surface area contributed by atoms with Crippen LogP contribution >= 0.6 is 0 Å². The maximum atomic E-state index is 14.0. The number of nitrogens with one attached hydrogen (secondary N) is 1. The molecule has 176 valence electrons. The highest BCUT2D eigenvalue weighted by molar-refractivity contribution is 6.05. The summed E-state index contributed by atoms with van der Waals surface area (Å²) in [5.41, 5.74) is 1.25. The van der Waals surface area contributed by atoms with Gasteiger partial charge in [0, 0.05) is 11.1 Å². The molecule has 7 nitrogen and oxygen atoms in total. The third kappa shape index (κ3) is 5.58. The van der Waals surface area contributed by atoms with E-state index >= 15 is 0 Å². The van der Waals surface area contributed by atoms with Crippen LogP contribution in [0.1, 0.15) is 62.5 Å². The normalized spacial score (nSPS) is 10.6.